The van der Waals surface area contributed by atoms with Gasteiger partial charge in [0.15, 0.2) is 6.04 Å². The molecule has 3 rings (SSSR count). The summed E-state index contributed by atoms with van der Waals surface area (Å²) in [6.45, 7) is 19.5. The molecule has 5 unspecified atom stereocenters. The van der Waals surface area contributed by atoms with E-state index < -0.39 is 28.9 Å². The number of benzene rings is 1. The molecule has 5 atom stereocenters. The van der Waals surface area contributed by atoms with Crippen molar-refractivity contribution in [2.45, 2.75) is 111 Å². The van der Waals surface area contributed by atoms with E-state index in [1.165, 1.54) is 6.08 Å². The summed E-state index contributed by atoms with van der Waals surface area (Å²) < 4.78 is 23.5. The van der Waals surface area contributed by atoms with Crippen LogP contribution in [0.2, 0.25) is 0 Å². The third-order valence-electron chi connectivity index (χ3n) is 10.6. The van der Waals surface area contributed by atoms with Gasteiger partial charge in [-0.25, -0.2) is 9.59 Å². The van der Waals surface area contributed by atoms with E-state index in [0.29, 0.717) is 78.8 Å². The van der Waals surface area contributed by atoms with Gasteiger partial charge in [-0.3, -0.25) is 15.0 Å². The number of hydrogen-bond donors (Lipinski definition) is 1. The van der Waals surface area contributed by atoms with Crippen LogP contribution in [-0.4, -0.2) is 79.4 Å². The van der Waals surface area contributed by atoms with E-state index in [1.807, 2.05) is 19.1 Å². The van der Waals surface area contributed by atoms with Gasteiger partial charge in [-0.15, -0.1) is 5.11 Å². The average Bonchev–Trinajstić information content (AvgIpc) is 3.25. The number of nitrogens with two attached hydrogens (primary N) is 1. The highest BCUT2D eigenvalue weighted by atomic mass is 16.6. The molecule has 15 heteroatoms. The van der Waals surface area contributed by atoms with Gasteiger partial charge in [0, 0.05) is 60.1 Å². The fourth-order valence-electron chi connectivity index (χ4n) is 6.63. The third-order valence-corrected chi connectivity index (χ3v) is 10.6. The van der Waals surface area contributed by atoms with Crippen LogP contribution < -0.4 is 15.2 Å². The summed E-state index contributed by atoms with van der Waals surface area (Å²) in [4.78, 5) is 37.0. The predicted octanol–water partition coefficient (Wildman–Crippen LogP) is 9.83. The molecule has 2 aliphatic carbocycles. The molecule has 15 nitrogen and oxygen atoms in total. The lowest BCUT2D eigenvalue weighted by Gasteiger charge is -2.31. The number of hydrogen-bond acceptors (Lipinski definition) is 14. The molecule has 1 aromatic carbocycles. The zero-order valence-electron chi connectivity index (χ0n) is 36.1. The Hall–Kier alpha value is -5.44. The fraction of sp³-hybridized carbons (Fsp3) is 0.556. The first kappa shape index (κ1) is 48.9. The molecular weight excluding hydrogens is 767 g/mol. The van der Waals surface area contributed by atoms with Crippen LogP contribution in [0.3, 0.4) is 0 Å². The van der Waals surface area contributed by atoms with Crippen molar-refractivity contribution in [3.8, 4) is 11.5 Å². The topological polar surface area (TPSA) is 193 Å². The Morgan fingerprint density at radius 2 is 1.43 bits per heavy atom. The Morgan fingerprint density at radius 1 is 0.883 bits per heavy atom. The monoisotopic (exact) mass is 831 g/mol. The summed E-state index contributed by atoms with van der Waals surface area (Å²) in [5.74, 6) is 0.447. The average molecular weight is 832 g/mol. The standard InChI is InChI=1S/C45H65N7O8/c1-8-14-16-33(10-3)30-59-42-29-40(50-48-38-20-18-35(46)27-41(38)52(55)56)43(60-31-34(11-4)17-15-9-2)28-39(42)49-47-37-21-19-36(26-32(37)7)51(22-24-57-44(53)12-5)23-25-58-45(54)13-6/h12-13,18-21,27-29,33-34,36,38,41H,5-6,8-11,14-17,22-26,30-31,46H2,1-4,7H3/b49-47+,50-48+. The van der Waals surface area contributed by atoms with E-state index in [-0.39, 0.29) is 19.3 Å². The molecule has 2 N–H and O–H groups in total. The molecule has 1 aromatic rings. The van der Waals surface area contributed by atoms with Gasteiger partial charge >= 0.3 is 11.9 Å². The second-order valence-electron chi connectivity index (χ2n) is 15.0. The molecule has 0 amide bonds. The van der Waals surface area contributed by atoms with E-state index in [4.69, 9.17) is 34.9 Å². The maximum Gasteiger partial charge on any atom is 0.330 e. The van der Waals surface area contributed by atoms with Crippen molar-refractivity contribution < 1.29 is 33.5 Å². The van der Waals surface area contributed by atoms with E-state index in [0.717, 1.165) is 69.1 Å². The second-order valence-corrected chi connectivity index (χ2v) is 15.0. The molecule has 0 aromatic heterocycles. The maximum absolute atomic E-state index is 11.9. The highest BCUT2D eigenvalue weighted by molar-refractivity contribution is 5.81. The van der Waals surface area contributed by atoms with Gasteiger partial charge in [0.25, 0.3) is 6.04 Å². The van der Waals surface area contributed by atoms with Crippen LogP contribution in [0.4, 0.5) is 11.4 Å². The smallest absolute Gasteiger partial charge is 0.330 e. The number of ether oxygens (including phenoxy) is 4. The van der Waals surface area contributed by atoms with Crippen molar-refractivity contribution in [3.05, 3.63) is 94.9 Å². The first-order chi connectivity index (χ1) is 29.0. The first-order valence-electron chi connectivity index (χ1n) is 21.2. The van der Waals surface area contributed by atoms with E-state index in [9.17, 15) is 19.7 Å². The number of carbonyl (C=O) groups is 2. The van der Waals surface area contributed by atoms with Crippen molar-refractivity contribution in [1.29, 1.82) is 0 Å². The van der Waals surface area contributed by atoms with Crippen LogP contribution in [0.1, 0.15) is 92.4 Å². The Balaban J connectivity index is 2.02. The van der Waals surface area contributed by atoms with Gasteiger partial charge in [-0.1, -0.05) is 85.5 Å². The summed E-state index contributed by atoms with van der Waals surface area (Å²) >= 11 is 0. The van der Waals surface area contributed by atoms with Crippen molar-refractivity contribution >= 4 is 23.3 Å². The lowest BCUT2D eigenvalue weighted by atomic mass is 9.98. The van der Waals surface area contributed by atoms with Crippen LogP contribution in [0, 0.1) is 22.0 Å². The number of carbonyl (C=O) groups excluding carboxylic acids is 2. The SMILES string of the molecule is C=CC(=O)OCCN(CCOC(=O)C=C)C1C=CC(/N=N/c2cc(OCC(CC)CCCC)c(/N=N/C3C=CC(N)=CC3[N+](=O)[O-])cc2OCC(CC)CCCC)=C(C)C1. The number of unbranched alkanes of at least 4 members (excludes halogenated alkanes) is 2. The first-order valence-corrected chi connectivity index (χ1v) is 21.2. The van der Waals surface area contributed by atoms with E-state index >= 15 is 0 Å². The van der Waals surface area contributed by atoms with Crippen molar-refractivity contribution in [1.82, 2.24) is 4.90 Å². The molecule has 328 valence electrons. The minimum atomic E-state index is -1.16. The molecule has 60 heavy (non-hydrogen) atoms. The number of rotatable bonds is 28. The van der Waals surface area contributed by atoms with Crippen molar-refractivity contribution in [2.75, 3.05) is 39.5 Å². The van der Waals surface area contributed by atoms with Gasteiger partial charge in [0.2, 0.25) is 0 Å². The highest BCUT2D eigenvalue weighted by Gasteiger charge is 2.30. The van der Waals surface area contributed by atoms with E-state index in [1.54, 1.807) is 24.3 Å². The van der Waals surface area contributed by atoms with Crippen LogP contribution >= 0.6 is 0 Å². The lowest BCUT2D eigenvalue weighted by Crippen LogP contribution is -2.40. The van der Waals surface area contributed by atoms with Gasteiger partial charge < -0.3 is 24.7 Å². The van der Waals surface area contributed by atoms with Crippen molar-refractivity contribution in [2.24, 2.45) is 38.0 Å². The van der Waals surface area contributed by atoms with Gasteiger partial charge in [-0.05, 0) is 61.8 Å². The third kappa shape index (κ3) is 16.3. The Labute approximate surface area is 355 Å². The van der Waals surface area contributed by atoms with Crippen LogP contribution in [0.25, 0.3) is 0 Å². The molecule has 2 aliphatic rings. The normalized spacial score (nSPS) is 18.7. The van der Waals surface area contributed by atoms with Crippen molar-refractivity contribution in [3.63, 3.8) is 0 Å². The minimum absolute atomic E-state index is 0.0912. The number of allylic oxidation sites excluding steroid dienone is 2. The predicted molar refractivity (Wildman–Crippen MR) is 233 cm³/mol. The van der Waals surface area contributed by atoms with Crippen LogP contribution in [0.15, 0.2) is 105 Å². The summed E-state index contributed by atoms with van der Waals surface area (Å²) in [7, 11) is 0. The molecule has 0 saturated heterocycles. The molecule has 0 bridgehead atoms. The number of nitro groups is 1. The molecule has 0 aliphatic heterocycles. The Kier molecular flexibility index (Phi) is 21.7. The number of azo groups is 2. The van der Waals surface area contributed by atoms with Crippen LogP contribution in [0.5, 0.6) is 11.5 Å². The molecule has 0 saturated carbocycles. The van der Waals surface area contributed by atoms with Gasteiger partial charge in [0.05, 0.1) is 18.9 Å². The minimum Gasteiger partial charge on any atom is -0.491 e. The fourth-order valence-corrected chi connectivity index (χ4v) is 6.63. The summed E-state index contributed by atoms with van der Waals surface area (Å²) in [6.07, 6.45) is 19.5. The van der Waals surface area contributed by atoms with Gasteiger partial charge in [0.1, 0.15) is 36.1 Å². The largest absolute Gasteiger partial charge is 0.491 e. The number of esters is 2. The molecular formula is C45H65N7O8. The van der Waals surface area contributed by atoms with Gasteiger partial charge in [-0.2, -0.15) is 15.3 Å². The molecule has 0 heterocycles. The quantitative estimate of drug-likeness (QED) is 0.0279. The second kappa shape index (κ2) is 26.6. The summed E-state index contributed by atoms with van der Waals surface area (Å²) in [5.41, 5.74) is 8.62. The number of nitrogens with zero attached hydrogens (tertiary/aromatic N) is 6. The summed E-state index contributed by atoms with van der Waals surface area (Å²) in [5, 5.41) is 30.3. The maximum atomic E-state index is 11.9. The molecule has 0 fully saturated rings. The van der Waals surface area contributed by atoms with E-state index in [2.05, 4.69) is 56.0 Å². The Morgan fingerprint density at radius 3 is 1.92 bits per heavy atom. The molecule has 0 radical (unpaired) electrons. The molecule has 0 spiro atoms. The zero-order valence-corrected chi connectivity index (χ0v) is 36.1. The zero-order chi connectivity index (χ0) is 43.9. The highest BCUT2D eigenvalue weighted by Crippen LogP contribution is 2.42. The van der Waals surface area contributed by atoms with Crippen LogP contribution in [-0.2, 0) is 19.1 Å². The Bertz CT molecular complexity index is 1760. The lowest BCUT2D eigenvalue weighted by molar-refractivity contribution is -0.510. The summed E-state index contributed by atoms with van der Waals surface area (Å²) in [6, 6.07) is 1.37.